The highest BCUT2D eigenvalue weighted by Crippen LogP contribution is 2.25. The van der Waals surface area contributed by atoms with Crippen molar-refractivity contribution in [1.29, 1.82) is 0 Å². The zero-order chi connectivity index (χ0) is 15.2. The molecule has 2 aliphatic rings. The Morgan fingerprint density at radius 1 is 1.43 bits per heavy atom. The summed E-state index contributed by atoms with van der Waals surface area (Å²) in [6.07, 6.45) is 2.63. The highest BCUT2D eigenvalue weighted by Gasteiger charge is 2.29. The number of carbonyl (C=O) groups is 1. The molecule has 1 amide bonds. The molecule has 2 rings (SSSR count). The van der Waals surface area contributed by atoms with Crippen LogP contribution in [-0.4, -0.2) is 73.7 Å². The SMILES string of the molecule is CCN(CC(=O)NCC1CN(CC(C)C)CCO1)C1CC1. The molecule has 122 valence electrons. The van der Waals surface area contributed by atoms with Crippen LogP contribution in [0.2, 0.25) is 0 Å². The fraction of sp³-hybridized carbons (Fsp3) is 0.938. The summed E-state index contributed by atoms with van der Waals surface area (Å²) in [5, 5.41) is 3.04. The van der Waals surface area contributed by atoms with Gasteiger partial charge in [0.25, 0.3) is 0 Å². The van der Waals surface area contributed by atoms with Crippen LogP contribution in [0.5, 0.6) is 0 Å². The van der Waals surface area contributed by atoms with Crippen molar-refractivity contribution in [1.82, 2.24) is 15.1 Å². The Kier molecular flexibility index (Phi) is 6.45. The third-order valence-corrected chi connectivity index (χ3v) is 4.19. The van der Waals surface area contributed by atoms with Crippen LogP contribution in [0.25, 0.3) is 0 Å². The van der Waals surface area contributed by atoms with Crippen molar-refractivity contribution in [2.75, 3.05) is 45.9 Å². The molecule has 0 spiro atoms. The maximum Gasteiger partial charge on any atom is 0.234 e. The van der Waals surface area contributed by atoms with E-state index in [-0.39, 0.29) is 12.0 Å². The maximum absolute atomic E-state index is 12.0. The lowest BCUT2D eigenvalue weighted by molar-refractivity contribution is -0.123. The van der Waals surface area contributed by atoms with Gasteiger partial charge < -0.3 is 10.1 Å². The lowest BCUT2D eigenvalue weighted by atomic mass is 10.2. The van der Waals surface area contributed by atoms with Crippen molar-refractivity contribution in [3.63, 3.8) is 0 Å². The van der Waals surface area contributed by atoms with Gasteiger partial charge in [-0.2, -0.15) is 0 Å². The van der Waals surface area contributed by atoms with Crippen LogP contribution in [0.3, 0.4) is 0 Å². The molecule has 0 aromatic carbocycles. The van der Waals surface area contributed by atoms with Gasteiger partial charge in [0, 0.05) is 32.2 Å². The molecule has 0 aromatic heterocycles. The summed E-state index contributed by atoms with van der Waals surface area (Å²) in [7, 11) is 0. The summed E-state index contributed by atoms with van der Waals surface area (Å²) in [5.74, 6) is 0.809. The Balaban J connectivity index is 1.65. The number of hydrogen-bond acceptors (Lipinski definition) is 4. The molecule has 21 heavy (non-hydrogen) atoms. The van der Waals surface area contributed by atoms with Gasteiger partial charge in [0.1, 0.15) is 0 Å². The molecular formula is C16H31N3O2. The first-order valence-corrected chi connectivity index (χ1v) is 8.43. The van der Waals surface area contributed by atoms with Crippen LogP contribution in [0.4, 0.5) is 0 Å². The first-order chi connectivity index (χ1) is 10.1. The quantitative estimate of drug-likeness (QED) is 0.724. The zero-order valence-electron chi connectivity index (χ0n) is 13.8. The minimum Gasteiger partial charge on any atom is -0.374 e. The summed E-state index contributed by atoms with van der Waals surface area (Å²) in [6.45, 7) is 12.5. The van der Waals surface area contributed by atoms with Crippen LogP contribution in [-0.2, 0) is 9.53 Å². The zero-order valence-corrected chi connectivity index (χ0v) is 13.8. The maximum atomic E-state index is 12.0. The molecule has 1 saturated heterocycles. The van der Waals surface area contributed by atoms with E-state index in [4.69, 9.17) is 4.74 Å². The van der Waals surface area contributed by atoms with Crippen LogP contribution in [0, 0.1) is 5.92 Å². The molecule has 5 heteroatoms. The fourth-order valence-electron chi connectivity index (χ4n) is 2.99. The second kappa shape index (κ2) is 8.11. The summed E-state index contributed by atoms with van der Waals surface area (Å²) in [6, 6.07) is 0.646. The monoisotopic (exact) mass is 297 g/mol. The number of hydrogen-bond donors (Lipinski definition) is 1. The third kappa shape index (κ3) is 5.93. The predicted octanol–water partition coefficient (Wildman–Crippen LogP) is 0.944. The molecule has 1 atom stereocenters. The van der Waals surface area contributed by atoms with E-state index in [1.54, 1.807) is 0 Å². The molecule has 2 fully saturated rings. The van der Waals surface area contributed by atoms with Gasteiger partial charge in [-0.1, -0.05) is 20.8 Å². The highest BCUT2D eigenvalue weighted by molar-refractivity contribution is 5.78. The number of nitrogens with zero attached hydrogens (tertiary/aromatic N) is 2. The van der Waals surface area contributed by atoms with Crippen molar-refractivity contribution in [3.8, 4) is 0 Å². The largest absolute Gasteiger partial charge is 0.374 e. The molecule has 0 bridgehead atoms. The van der Waals surface area contributed by atoms with Gasteiger partial charge >= 0.3 is 0 Å². The van der Waals surface area contributed by atoms with Crippen LogP contribution < -0.4 is 5.32 Å². The van der Waals surface area contributed by atoms with Gasteiger partial charge in [-0.15, -0.1) is 0 Å². The predicted molar refractivity (Wildman–Crippen MR) is 84.3 cm³/mol. The Morgan fingerprint density at radius 3 is 2.81 bits per heavy atom. The number of rotatable bonds is 8. The van der Waals surface area contributed by atoms with Gasteiger partial charge in [-0.05, 0) is 25.3 Å². The Hall–Kier alpha value is -0.650. The first kappa shape index (κ1) is 16.7. The average molecular weight is 297 g/mol. The van der Waals surface area contributed by atoms with Crippen LogP contribution in [0.15, 0.2) is 0 Å². The summed E-state index contributed by atoms with van der Waals surface area (Å²) < 4.78 is 5.76. The number of ether oxygens (including phenoxy) is 1. The van der Waals surface area contributed by atoms with Crippen molar-refractivity contribution < 1.29 is 9.53 Å². The summed E-state index contributed by atoms with van der Waals surface area (Å²) >= 11 is 0. The minimum atomic E-state index is 0.133. The molecule has 1 aliphatic carbocycles. The lowest BCUT2D eigenvalue weighted by Gasteiger charge is -2.34. The van der Waals surface area contributed by atoms with E-state index in [9.17, 15) is 4.79 Å². The molecule has 0 radical (unpaired) electrons. The molecule has 5 nitrogen and oxygen atoms in total. The van der Waals surface area contributed by atoms with Crippen LogP contribution in [0.1, 0.15) is 33.6 Å². The van der Waals surface area contributed by atoms with E-state index in [1.807, 2.05) is 0 Å². The van der Waals surface area contributed by atoms with Crippen molar-refractivity contribution in [2.45, 2.75) is 45.8 Å². The summed E-state index contributed by atoms with van der Waals surface area (Å²) in [4.78, 5) is 16.7. The Bertz CT molecular complexity index is 331. The Morgan fingerprint density at radius 2 is 2.19 bits per heavy atom. The summed E-state index contributed by atoms with van der Waals surface area (Å²) in [5.41, 5.74) is 0. The first-order valence-electron chi connectivity index (χ1n) is 8.43. The number of nitrogens with one attached hydrogen (secondary N) is 1. The normalized spacial score (nSPS) is 23.8. The van der Waals surface area contributed by atoms with E-state index in [0.29, 0.717) is 25.0 Å². The topological polar surface area (TPSA) is 44.8 Å². The lowest BCUT2D eigenvalue weighted by Crippen LogP contribution is -2.49. The molecule has 1 heterocycles. The standard InChI is InChI=1S/C16H31N3O2/c1-4-19(14-5-6-14)12-16(20)17-9-15-11-18(7-8-21-15)10-13(2)3/h13-15H,4-12H2,1-3H3,(H,17,20). The Labute approximate surface area is 129 Å². The van der Waals surface area contributed by atoms with Crippen molar-refractivity contribution in [3.05, 3.63) is 0 Å². The smallest absolute Gasteiger partial charge is 0.234 e. The van der Waals surface area contributed by atoms with E-state index in [0.717, 1.165) is 32.8 Å². The van der Waals surface area contributed by atoms with Gasteiger partial charge in [0.2, 0.25) is 5.91 Å². The van der Waals surface area contributed by atoms with Crippen molar-refractivity contribution >= 4 is 5.91 Å². The van der Waals surface area contributed by atoms with Crippen molar-refractivity contribution in [2.24, 2.45) is 5.92 Å². The van der Waals surface area contributed by atoms with Gasteiger partial charge in [-0.25, -0.2) is 0 Å². The van der Waals surface area contributed by atoms with E-state index in [2.05, 4.69) is 35.9 Å². The van der Waals surface area contributed by atoms with E-state index in [1.165, 1.54) is 12.8 Å². The van der Waals surface area contributed by atoms with Gasteiger partial charge in [0.05, 0.1) is 19.3 Å². The second-order valence-corrected chi connectivity index (χ2v) is 6.74. The molecule has 1 saturated carbocycles. The van der Waals surface area contributed by atoms with E-state index < -0.39 is 0 Å². The third-order valence-electron chi connectivity index (χ3n) is 4.19. The fourth-order valence-corrected chi connectivity index (χ4v) is 2.99. The molecular weight excluding hydrogens is 266 g/mol. The number of carbonyl (C=O) groups excluding carboxylic acids is 1. The number of morpholine rings is 1. The molecule has 1 unspecified atom stereocenters. The average Bonchev–Trinajstić information content (AvgIpc) is 3.27. The molecule has 1 aliphatic heterocycles. The minimum absolute atomic E-state index is 0.133. The number of likely N-dealkylation sites (N-methyl/N-ethyl adjacent to an activating group) is 1. The van der Waals surface area contributed by atoms with Crippen LogP contribution >= 0.6 is 0 Å². The van der Waals surface area contributed by atoms with Gasteiger partial charge in [-0.3, -0.25) is 14.6 Å². The molecule has 0 aromatic rings. The second-order valence-electron chi connectivity index (χ2n) is 6.74. The van der Waals surface area contributed by atoms with Gasteiger partial charge in [0.15, 0.2) is 0 Å². The number of amides is 1. The molecule has 1 N–H and O–H groups in total. The van der Waals surface area contributed by atoms with E-state index >= 15 is 0 Å². The highest BCUT2D eigenvalue weighted by atomic mass is 16.5.